The van der Waals surface area contributed by atoms with Gasteiger partial charge in [0.1, 0.15) is 0 Å². The molecule has 1 aliphatic rings. The van der Waals surface area contributed by atoms with Gasteiger partial charge in [0, 0.05) is 19.7 Å². The van der Waals surface area contributed by atoms with Crippen LogP contribution in [0.15, 0.2) is 6.07 Å². The zero-order chi connectivity index (χ0) is 12.4. The summed E-state index contributed by atoms with van der Waals surface area (Å²) in [6, 6.07) is 2.17. The van der Waals surface area contributed by atoms with E-state index in [2.05, 4.69) is 5.10 Å². The Hall–Kier alpha value is -1.40. The van der Waals surface area contributed by atoms with Crippen LogP contribution in [0.1, 0.15) is 18.3 Å². The van der Waals surface area contributed by atoms with Crippen molar-refractivity contribution in [3.8, 4) is 0 Å². The van der Waals surface area contributed by atoms with Gasteiger partial charge in [0.2, 0.25) is 0 Å². The number of methoxy groups -OCH3 is 1. The Morgan fingerprint density at radius 1 is 1.71 bits per heavy atom. The van der Waals surface area contributed by atoms with Gasteiger partial charge >= 0.3 is 5.97 Å². The van der Waals surface area contributed by atoms with Gasteiger partial charge in [-0.05, 0) is 13.0 Å². The highest BCUT2D eigenvalue weighted by Crippen LogP contribution is 2.18. The number of carbonyl (C=O) groups is 1. The quantitative estimate of drug-likeness (QED) is 0.819. The molecule has 0 fully saturated rings. The third-order valence-corrected chi connectivity index (χ3v) is 2.97. The minimum atomic E-state index is -0.790. The van der Waals surface area contributed by atoms with Gasteiger partial charge in [0.25, 0.3) is 0 Å². The Morgan fingerprint density at radius 3 is 3.12 bits per heavy atom. The fourth-order valence-electron chi connectivity index (χ4n) is 2.13. The van der Waals surface area contributed by atoms with E-state index in [1.807, 2.05) is 22.6 Å². The summed E-state index contributed by atoms with van der Waals surface area (Å²) in [5.74, 6) is -0.790. The van der Waals surface area contributed by atoms with Gasteiger partial charge in [-0.15, -0.1) is 0 Å². The van der Waals surface area contributed by atoms with Crippen molar-refractivity contribution in [3.05, 3.63) is 17.5 Å². The average molecular weight is 239 g/mol. The van der Waals surface area contributed by atoms with Crippen LogP contribution >= 0.6 is 0 Å². The Labute approximate surface area is 99.8 Å². The molecule has 2 rings (SSSR count). The standard InChI is InChI=1S/C11H17N3O3/c1-8-4-14-10(3-9(12-14)7-17-2)5-13(8)6-11(15)16/h3,8H,4-7H2,1-2H3,(H,15,16)/t8-/m0/s1. The number of ether oxygens (including phenoxy) is 1. The molecule has 0 saturated heterocycles. The van der Waals surface area contributed by atoms with Gasteiger partial charge in [-0.3, -0.25) is 14.4 Å². The fraction of sp³-hybridized carbons (Fsp3) is 0.636. The first kappa shape index (κ1) is 12.1. The van der Waals surface area contributed by atoms with Crippen molar-refractivity contribution in [2.45, 2.75) is 32.7 Å². The molecular formula is C11H17N3O3. The highest BCUT2D eigenvalue weighted by atomic mass is 16.5. The molecule has 0 aliphatic carbocycles. The lowest BCUT2D eigenvalue weighted by Gasteiger charge is -2.32. The molecule has 6 nitrogen and oxygen atoms in total. The van der Waals surface area contributed by atoms with Crippen molar-refractivity contribution < 1.29 is 14.6 Å². The van der Waals surface area contributed by atoms with E-state index in [9.17, 15) is 4.79 Å². The van der Waals surface area contributed by atoms with E-state index in [0.29, 0.717) is 13.2 Å². The second kappa shape index (κ2) is 4.85. The zero-order valence-electron chi connectivity index (χ0n) is 10.1. The van der Waals surface area contributed by atoms with Crippen molar-refractivity contribution in [2.24, 2.45) is 0 Å². The number of aromatic nitrogens is 2. The summed E-state index contributed by atoms with van der Waals surface area (Å²) in [5.41, 5.74) is 1.95. The summed E-state index contributed by atoms with van der Waals surface area (Å²) in [5, 5.41) is 13.3. The first-order chi connectivity index (χ1) is 8.10. The molecule has 17 heavy (non-hydrogen) atoms. The van der Waals surface area contributed by atoms with Gasteiger partial charge in [0.15, 0.2) is 0 Å². The molecule has 0 bridgehead atoms. The van der Waals surface area contributed by atoms with Crippen LogP contribution in [0.3, 0.4) is 0 Å². The van der Waals surface area contributed by atoms with Crippen LogP contribution in [0, 0.1) is 0 Å². The minimum Gasteiger partial charge on any atom is -0.480 e. The van der Waals surface area contributed by atoms with Crippen LogP contribution < -0.4 is 0 Å². The van der Waals surface area contributed by atoms with Gasteiger partial charge in [-0.1, -0.05) is 0 Å². The maximum atomic E-state index is 10.7. The third-order valence-electron chi connectivity index (χ3n) is 2.97. The number of hydrogen-bond acceptors (Lipinski definition) is 4. The van der Waals surface area contributed by atoms with Crippen molar-refractivity contribution in [1.29, 1.82) is 0 Å². The molecule has 0 radical (unpaired) electrons. The molecule has 1 aliphatic heterocycles. The molecule has 0 spiro atoms. The van der Waals surface area contributed by atoms with E-state index in [4.69, 9.17) is 9.84 Å². The summed E-state index contributed by atoms with van der Waals surface area (Å²) in [6.45, 7) is 3.94. The Balaban J connectivity index is 2.13. The van der Waals surface area contributed by atoms with E-state index in [1.165, 1.54) is 0 Å². The fourth-order valence-corrected chi connectivity index (χ4v) is 2.13. The number of rotatable bonds is 4. The minimum absolute atomic E-state index is 0.0754. The largest absolute Gasteiger partial charge is 0.480 e. The van der Waals surface area contributed by atoms with Crippen LogP contribution in [0.4, 0.5) is 0 Å². The highest BCUT2D eigenvalue weighted by Gasteiger charge is 2.25. The highest BCUT2D eigenvalue weighted by molar-refractivity contribution is 5.69. The number of fused-ring (bicyclic) bond motifs is 1. The lowest BCUT2D eigenvalue weighted by Crippen LogP contribution is -2.43. The van der Waals surface area contributed by atoms with Crippen molar-refractivity contribution in [1.82, 2.24) is 14.7 Å². The van der Waals surface area contributed by atoms with E-state index >= 15 is 0 Å². The van der Waals surface area contributed by atoms with E-state index < -0.39 is 5.97 Å². The average Bonchev–Trinajstić information content (AvgIpc) is 2.60. The molecule has 0 saturated carbocycles. The monoisotopic (exact) mass is 239 g/mol. The molecule has 1 aromatic rings. The summed E-state index contributed by atoms with van der Waals surface area (Å²) in [4.78, 5) is 12.7. The molecule has 0 unspecified atom stereocenters. The van der Waals surface area contributed by atoms with Crippen LogP contribution in [-0.2, 0) is 29.2 Å². The topological polar surface area (TPSA) is 67.6 Å². The number of nitrogens with zero attached hydrogens (tertiary/aromatic N) is 3. The van der Waals surface area contributed by atoms with Gasteiger partial charge < -0.3 is 9.84 Å². The lowest BCUT2D eigenvalue weighted by atomic mass is 10.2. The predicted molar refractivity (Wildman–Crippen MR) is 60.4 cm³/mol. The smallest absolute Gasteiger partial charge is 0.317 e. The maximum absolute atomic E-state index is 10.7. The zero-order valence-corrected chi connectivity index (χ0v) is 10.1. The molecular weight excluding hydrogens is 222 g/mol. The number of carboxylic acid groups (broad SMARTS) is 1. The molecule has 1 N–H and O–H groups in total. The molecule has 2 heterocycles. The predicted octanol–water partition coefficient (Wildman–Crippen LogP) is 0.318. The van der Waals surface area contributed by atoms with Crippen molar-refractivity contribution >= 4 is 5.97 Å². The van der Waals surface area contributed by atoms with E-state index in [0.717, 1.165) is 17.9 Å². The van der Waals surface area contributed by atoms with Gasteiger partial charge in [-0.25, -0.2) is 0 Å². The first-order valence-corrected chi connectivity index (χ1v) is 5.60. The van der Waals surface area contributed by atoms with Gasteiger partial charge in [0.05, 0.1) is 31.1 Å². The maximum Gasteiger partial charge on any atom is 0.317 e. The Kier molecular flexibility index (Phi) is 3.44. The molecule has 0 amide bonds. The van der Waals surface area contributed by atoms with Crippen molar-refractivity contribution in [2.75, 3.05) is 13.7 Å². The van der Waals surface area contributed by atoms with E-state index in [-0.39, 0.29) is 12.6 Å². The number of hydrogen-bond donors (Lipinski definition) is 1. The number of aliphatic carboxylic acids is 1. The Morgan fingerprint density at radius 2 is 2.47 bits per heavy atom. The second-order valence-corrected chi connectivity index (χ2v) is 4.39. The molecule has 0 aromatic carbocycles. The van der Waals surface area contributed by atoms with E-state index in [1.54, 1.807) is 7.11 Å². The third kappa shape index (κ3) is 2.65. The number of carboxylic acids is 1. The summed E-state index contributed by atoms with van der Waals surface area (Å²) in [7, 11) is 1.64. The second-order valence-electron chi connectivity index (χ2n) is 4.39. The van der Waals surface area contributed by atoms with Crippen LogP contribution in [0.2, 0.25) is 0 Å². The first-order valence-electron chi connectivity index (χ1n) is 5.60. The van der Waals surface area contributed by atoms with Crippen LogP contribution in [0.25, 0.3) is 0 Å². The van der Waals surface area contributed by atoms with Gasteiger partial charge in [-0.2, -0.15) is 5.10 Å². The lowest BCUT2D eigenvalue weighted by molar-refractivity contribution is -0.139. The summed E-state index contributed by atoms with van der Waals surface area (Å²) >= 11 is 0. The normalized spacial score (nSPS) is 20.2. The molecule has 94 valence electrons. The summed E-state index contributed by atoms with van der Waals surface area (Å²) < 4.78 is 6.98. The SMILES string of the molecule is COCc1cc2n(n1)C[C@H](C)N(CC(=O)O)C2. The van der Waals surface area contributed by atoms with Crippen LogP contribution in [0.5, 0.6) is 0 Å². The Bertz CT molecular complexity index is 416. The molecule has 6 heteroatoms. The summed E-state index contributed by atoms with van der Waals surface area (Å²) in [6.07, 6.45) is 0. The van der Waals surface area contributed by atoms with Crippen LogP contribution in [-0.4, -0.2) is 45.5 Å². The molecule has 1 aromatic heterocycles. The molecule has 1 atom stereocenters. The van der Waals surface area contributed by atoms with Crippen molar-refractivity contribution in [3.63, 3.8) is 0 Å².